The van der Waals surface area contributed by atoms with Gasteiger partial charge in [0, 0.05) is 0 Å². The van der Waals surface area contributed by atoms with Gasteiger partial charge in [0.2, 0.25) is 0 Å². The standard InChI is InChI=1S/C25H23IN2O5S/c1-5-33-24(30)20-14(2)27-25-28(21(20)16-9-7-6-8-10-16)23(29)19(34-25)13-15-11-17(26)22(32-4)18(12-15)31-3/h6-13,21H,5H2,1-4H3/b19-13-/t21-/m0/s1. The molecular weight excluding hydrogens is 567 g/mol. The van der Waals surface area contributed by atoms with E-state index in [1.165, 1.54) is 11.3 Å². The third-order valence-electron chi connectivity index (χ3n) is 5.39. The van der Waals surface area contributed by atoms with Crippen LogP contribution in [0.3, 0.4) is 0 Å². The van der Waals surface area contributed by atoms with Crippen LogP contribution in [0, 0.1) is 3.57 Å². The molecule has 0 saturated heterocycles. The third-order valence-corrected chi connectivity index (χ3v) is 7.17. The van der Waals surface area contributed by atoms with E-state index < -0.39 is 12.0 Å². The van der Waals surface area contributed by atoms with E-state index >= 15 is 0 Å². The molecule has 34 heavy (non-hydrogen) atoms. The number of fused-ring (bicyclic) bond motifs is 1. The zero-order chi connectivity index (χ0) is 24.4. The van der Waals surface area contributed by atoms with Gasteiger partial charge in [-0.1, -0.05) is 41.7 Å². The van der Waals surface area contributed by atoms with Gasteiger partial charge < -0.3 is 14.2 Å². The first-order valence-corrected chi connectivity index (χ1v) is 12.4. The molecule has 7 nitrogen and oxygen atoms in total. The van der Waals surface area contributed by atoms with Crippen LogP contribution in [-0.4, -0.2) is 31.4 Å². The Bertz CT molecular complexity index is 1460. The number of benzene rings is 2. The van der Waals surface area contributed by atoms with E-state index in [1.54, 1.807) is 38.7 Å². The second-order valence-electron chi connectivity index (χ2n) is 7.45. The van der Waals surface area contributed by atoms with Gasteiger partial charge in [-0.25, -0.2) is 9.79 Å². The summed E-state index contributed by atoms with van der Waals surface area (Å²) in [4.78, 5) is 31.7. The lowest BCUT2D eigenvalue weighted by atomic mass is 9.96. The second-order valence-corrected chi connectivity index (χ2v) is 9.62. The largest absolute Gasteiger partial charge is 0.493 e. The second kappa shape index (κ2) is 10.1. The number of halogens is 1. The Balaban J connectivity index is 1.94. The number of allylic oxidation sites excluding steroid dienone is 1. The summed E-state index contributed by atoms with van der Waals surface area (Å²) in [5.41, 5.74) is 2.29. The number of hydrogen-bond acceptors (Lipinski definition) is 7. The Labute approximate surface area is 214 Å². The SMILES string of the molecule is CCOC(=O)C1=C(C)N=c2s/c(=C\c3cc(I)c(OC)c(OC)c3)c(=O)n2[C@H]1c1ccccc1. The maximum absolute atomic E-state index is 13.6. The summed E-state index contributed by atoms with van der Waals surface area (Å²) >= 11 is 3.46. The van der Waals surface area contributed by atoms with Crippen molar-refractivity contribution in [1.82, 2.24) is 4.57 Å². The molecule has 0 N–H and O–H groups in total. The zero-order valence-electron chi connectivity index (χ0n) is 19.1. The van der Waals surface area contributed by atoms with Gasteiger partial charge in [0.05, 0.1) is 46.2 Å². The van der Waals surface area contributed by atoms with Crippen LogP contribution in [-0.2, 0) is 9.53 Å². The number of rotatable bonds is 6. The van der Waals surface area contributed by atoms with Crippen molar-refractivity contribution >= 4 is 46.0 Å². The Hall–Kier alpha value is -2.92. The fraction of sp³-hybridized carbons (Fsp3) is 0.240. The maximum atomic E-state index is 13.6. The van der Waals surface area contributed by atoms with Crippen molar-refractivity contribution < 1.29 is 19.0 Å². The van der Waals surface area contributed by atoms with E-state index in [2.05, 4.69) is 27.6 Å². The highest BCUT2D eigenvalue weighted by Gasteiger charge is 2.33. The summed E-state index contributed by atoms with van der Waals surface area (Å²) < 4.78 is 19.1. The van der Waals surface area contributed by atoms with Crippen molar-refractivity contribution in [2.45, 2.75) is 19.9 Å². The first-order valence-electron chi connectivity index (χ1n) is 10.6. The lowest BCUT2D eigenvalue weighted by Gasteiger charge is -2.24. The number of methoxy groups -OCH3 is 2. The van der Waals surface area contributed by atoms with Crippen LogP contribution in [0.25, 0.3) is 6.08 Å². The molecule has 4 rings (SSSR count). The van der Waals surface area contributed by atoms with Gasteiger partial charge in [0.15, 0.2) is 16.3 Å². The van der Waals surface area contributed by atoms with Crippen LogP contribution in [0.4, 0.5) is 0 Å². The molecule has 0 radical (unpaired) electrons. The van der Waals surface area contributed by atoms with E-state index in [4.69, 9.17) is 14.2 Å². The predicted molar refractivity (Wildman–Crippen MR) is 139 cm³/mol. The molecular formula is C25H23IN2O5S. The van der Waals surface area contributed by atoms with E-state index in [0.717, 1.165) is 14.7 Å². The third kappa shape index (κ3) is 4.41. The molecule has 2 heterocycles. The molecule has 0 spiro atoms. The number of esters is 1. The summed E-state index contributed by atoms with van der Waals surface area (Å²) in [7, 11) is 3.16. The molecule has 0 aliphatic carbocycles. The average Bonchev–Trinajstić information content (AvgIpc) is 3.12. The van der Waals surface area contributed by atoms with Crippen molar-refractivity contribution in [3.8, 4) is 11.5 Å². The number of nitrogens with zero attached hydrogens (tertiary/aromatic N) is 2. The normalized spacial score (nSPS) is 15.6. The fourth-order valence-electron chi connectivity index (χ4n) is 3.91. The molecule has 1 atom stereocenters. The van der Waals surface area contributed by atoms with Gasteiger partial charge in [-0.2, -0.15) is 0 Å². The maximum Gasteiger partial charge on any atom is 0.338 e. The van der Waals surface area contributed by atoms with Gasteiger partial charge in [-0.05, 0) is 65.8 Å². The number of aromatic nitrogens is 1. The highest BCUT2D eigenvalue weighted by Crippen LogP contribution is 2.34. The van der Waals surface area contributed by atoms with Gasteiger partial charge in [0.25, 0.3) is 5.56 Å². The van der Waals surface area contributed by atoms with E-state index in [0.29, 0.717) is 32.1 Å². The Morgan fingerprint density at radius 1 is 1.21 bits per heavy atom. The molecule has 0 amide bonds. The van der Waals surface area contributed by atoms with Crippen molar-refractivity contribution in [2.75, 3.05) is 20.8 Å². The highest BCUT2D eigenvalue weighted by molar-refractivity contribution is 14.1. The topological polar surface area (TPSA) is 79.1 Å². The number of thiazole rings is 1. The minimum absolute atomic E-state index is 0.225. The molecule has 176 valence electrons. The molecule has 0 bridgehead atoms. The zero-order valence-corrected chi connectivity index (χ0v) is 22.1. The van der Waals surface area contributed by atoms with Gasteiger partial charge in [-0.15, -0.1) is 0 Å². The average molecular weight is 590 g/mol. The molecule has 1 aromatic heterocycles. The minimum Gasteiger partial charge on any atom is -0.493 e. The van der Waals surface area contributed by atoms with Crippen LogP contribution in [0.2, 0.25) is 0 Å². The van der Waals surface area contributed by atoms with Gasteiger partial charge in [0.1, 0.15) is 0 Å². The molecule has 9 heteroatoms. The van der Waals surface area contributed by atoms with Crippen LogP contribution in [0.1, 0.15) is 31.0 Å². The smallest absolute Gasteiger partial charge is 0.338 e. The highest BCUT2D eigenvalue weighted by atomic mass is 127. The molecule has 3 aromatic rings. The summed E-state index contributed by atoms with van der Waals surface area (Å²) in [6, 6.07) is 12.6. The van der Waals surface area contributed by atoms with Crippen molar-refractivity contribution in [1.29, 1.82) is 0 Å². The fourth-order valence-corrected chi connectivity index (χ4v) is 5.81. The van der Waals surface area contributed by atoms with Crippen molar-refractivity contribution in [2.24, 2.45) is 4.99 Å². The summed E-state index contributed by atoms with van der Waals surface area (Å²) in [6.07, 6.45) is 1.80. The molecule has 0 unspecified atom stereocenters. The van der Waals surface area contributed by atoms with E-state index in [-0.39, 0.29) is 12.2 Å². The predicted octanol–water partition coefficient (Wildman–Crippen LogP) is 3.42. The number of hydrogen-bond donors (Lipinski definition) is 0. The quantitative estimate of drug-likeness (QED) is 0.325. The Kier molecular flexibility index (Phi) is 7.22. The number of carbonyl (C=O) groups excluding carboxylic acids is 1. The summed E-state index contributed by atoms with van der Waals surface area (Å²) in [5.74, 6) is 0.748. The van der Waals surface area contributed by atoms with Gasteiger partial charge >= 0.3 is 5.97 Å². The summed E-state index contributed by atoms with van der Waals surface area (Å²) in [5, 5.41) is 0. The lowest BCUT2D eigenvalue weighted by Crippen LogP contribution is -2.39. The van der Waals surface area contributed by atoms with E-state index in [9.17, 15) is 9.59 Å². The van der Waals surface area contributed by atoms with Crippen LogP contribution in [0.5, 0.6) is 11.5 Å². The van der Waals surface area contributed by atoms with Crippen LogP contribution >= 0.6 is 33.9 Å². The monoisotopic (exact) mass is 590 g/mol. The first kappa shape index (κ1) is 24.2. The van der Waals surface area contributed by atoms with Crippen molar-refractivity contribution in [3.63, 3.8) is 0 Å². The van der Waals surface area contributed by atoms with Crippen molar-refractivity contribution in [3.05, 3.63) is 88.1 Å². The summed E-state index contributed by atoms with van der Waals surface area (Å²) in [6.45, 7) is 3.76. The van der Waals surface area contributed by atoms with Crippen LogP contribution in [0.15, 0.2) is 63.5 Å². The number of carbonyl (C=O) groups is 1. The molecule has 0 saturated carbocycles. The minimum atomic E-state index is -0.621. The van der Waals surface area contributed by atoms with Gasteiger partial charge in [-0.3, -0.25) is 9.36 Å². The Morgan fingerprint density at radius 2 is 1.94 bits per heavy atom. The molecule has 1 aliphatic heterocycles. The Morgan fingerprint density at radius 3 is 2.59 bits per heavy atom. The van der Waals surface area contributed by atoms with Crippen LogP contribution < -0.4 is 24.4 Å². The first-order chi connectivity index (χ1) is 16.4. The molecule has 0 fully saturated rings. The van der Waals surface area contributed by atoms with E-state index in [1.807, 2.05) is 42.5 Å². The number of ether oxygens (including phenoxy) is 3. The molecule has 2 aromatic carbocycles. The molecule has 1 aliphatic rings. The lowest BCUT2D eigenvalue weighted by molar-refractivity contribution is -0.139.